The highest BCUT2D eigenvalue weighted by molar-refractivity contribution is 5.86. The second-order valence-corrected chi connectivity index (χ2v) is 14.4. The van der Waals surface area contributed by atoms with Crippen LogP contribution in [0.2, 0.25) is 0 Å². The zero-order valence-electron chi connectivity index (χ0n) is 30.6. The lowest BCUT2D eigenvalue weighted by molar-refractivity contribution is -0.697. The summed E-state index contributed by atoms with van der Waals surface area (Å²) in [5, 5.41) is 0. The summed E-state index contributed by atoms with van der Waals surface area (Å²) in [7, 11) is 3.89. The van der Waals surface area contributed by atoms with Crippen LogP contribution in [-0.2, 0) is 23.7 Å². The zero-order chi connectivity index (χ0) is 33.6. The van der Waals surface area contributed by atoms with Gasteiger partial charge in [-0.05, 0) is 75.9 Å². The Kier molecular flexibility index (Phi) is 13.8. The molecular weight excluding hydrogens is 585 g/mol. The number of hydrogen-bond acceptors (Lipinski definition) is 1. The van der Waals surface area contributed by atoms with Crippen LogP contribution in [0.25, 0.3) is 33.4 Å². The van der Waals surface area contributed by atoms with Crippen molar-refractivity contribution >= 4 is 0 Å². The number of hydrogen-bond donors (Lipinski definition) is 0. The van der Waals surface area contributed by atoms with E-state index in [-0.39, 0.29) is 5.41 Å². The highest BCUT2D eigenvalue weighted by Gasteiger charge is 2.42. The van der Waals surface area contributed by atoms with Gasteiger partial charge in [-0.15, -0.1) is 0 Å². The van der Waals surface area contributed by atoms with E-state index in [1.807, 2.05) is 0 Å². The number of aromatic nitrogens is 2. The molecule has 1 aliphatic carbocycles. The molecule has 0 amide bonds. The van der Waals surface area contributed by atoms with Crippen molar-refractivity contribution in [1.29, 1.82) is 0 Å². The van der Waals surface area contributed by atoms with Crippen LogP contribution in [0.15, 0.2) is 85.5 Å². The number of benzene rings is 2. The van der Waals surface area contributed by atoms with E-state index in [2.05, 4.69) is 115 Å². The first-order valence-corrected chi connectivity index (χ1v) is 19.3. The van der Waals surface area contributed by atoms with Crippen molar-refractivity contribution < 1.29 is 13.9 Å². The molecule has 0 saturated heterocycles. The highest BCUT2D eigenvalue weighted by atomic mass is 16.5. The zero-order valence-corrected chi connectivity index (χ0v) is 30.6. The highest BCUT2D eigenvalue weighted by Crippen LogP contribution is 2.55. The summed E-state index contributed by atoms with van der Waals surface area (Å²) in [4.78, 5) is 0. The van der Waals surface area contributed by atoms with Gasteiger partial charge in [0.25, 0.3) is 0 Å². The number of nitrogens with zero attached hydrogens (tertiary/aromatic N) is 2. The Bertz CT molecular complexity index is 1520. The average Bonchev–Trinajstić information content (AvgIpc) is 3.38. The SMILES string of the molecule is CCCCCCCCC1(CCCCCCCC)c2cc(-c3cc[n+](C)cc3)ccc2-c2ccc(-c3cc[n+](CCCCOC)cc3)cc21. The van der Waals surface area contributed by atoms with E-state index in [1.165, 1.54) is 123 Å². The Balaban J connectivity index is 1.51. The van der Waals surface area contributed by atoms with Gasteiger partial charge in [0, 0.05) is 49.8 Å². The largest absolute Gasteiger partial charge is 0.385 e. The molecule has 0 N–H and O–H groups in total. The fraction of sp³-hybridized carbons (Fsp3) is 0.511. The van der Waals surface area contributed by atoms with E-state index in [9.17, 15) is 0 Å². The summed E-state index contributed by atoms with van der Waals surface area (Å²) in [5.41, 5.74) is 11.4. The molecule has 256 valence electrons. The van der Waals surface area contributed by atoms with Gasteiger partial charge in [-0.1, -0.05) is 115 Å². The molecule has 0 radical (unpaired) electrons. The summed E-state index contributed by atoms with van der Waals surface area (Å²) in [6.45, 7) is 6.50. The van der Waals surface area contributed by atoms with Gasteiger partial charge in [0.2, 0.25) is 0 Å². The maximum atomic E-state index is 5.25. The van der Waals surface area contributed by atoms with Crippen LogP contribution in [0.4, 0.5) is 0 Å². The lowest BCUT2D eigenvalue weighted by atomic mass is 9.70. The molecule has 48 heavy (non-hydrogen) atoms. The minimum absolute atomic E-state index is 0.0572. The Morgan fingerprint density at radius 1 is 0.521 bits per heavy atom. The molecule has 4 aromatic rings. The molecule has 0 fully saturated rings. The van der Waals surface area contributed by atoms with Crippen LogP contribution < -0.4 is 9.13 Å². The third-order valence-corrected chi connectivity index (χ3v) is 10.8. The van der Waals surface area contributed by atoms with E-state index in [1.54, 1.807) is 18.2 Å². The Labute approximate surface area is 292 Å². The van der Waals surface area contributed by atoms with Crippen LogP contribution in [-0.4, -0.2) is 13.7 Å². The van der Waals surface area contributed by atoms with E-state index < -0.39 is 0 Å². The van der Waals surface area contributed by atoms with Crippen molar-refractivity contribution in [3.05, 3.63) is 96.6 Å². The summed E-state index contributed by atoms with van der Waals surface area (Å²) < 4.78 is 9.69. The smallest absolute Gasteiger partial charge is 0.169 e. The predicted molar refractivity (Wildman–Crippen MR) is 202 cm³/mol. The summed E-state index contributed by atoms with van der Waals surface area (Å²) in [5.74, 6) is 0. The van der Waals surface area contributed by atoms with Crippen molar-refractivity contribution in [2.24, 2.45) is 7.05 Å². The molecule has 3 heteroatoms. The average molecular weight is 647 g/mol. The number of pyridine rings is 2. The first-order chi connectivity index (χ1) is 23.6. The second-order valence-electron chi connectivity index (χ2n) is 14.4. The Morgan fingerprint density at radius 3 is 1.50 bits per heavy atom. The summed E-state index contributed by atoms with van der Waals surface area (Å²) >= 11 is 0. The maximum Gasteiger partial charge on any atom is 0.169 e. The van der Waals surface area contributed by atoms with Crippen molar-refractivity contribution in [2.45, 2.75) is 129 Å². The third-order valence-electron chi connectivity index (χ3n) is 10.8. The number of rotatable bonds is 21. The monoisotopic (exact) mass is 646 g/mol. The molecule has 0 atom stereocenters. The standard InChI is InChI=1S/C45H62N2O/c1-5-7-9-11-13-15-27-45(28-16-14-12-10-8-6-2)43-35-39(37-23-30-46(3)31-24-37)19-21-41(43)42-22-20-40(36-44(42)45)38-25-32-47(33-26-38)29-17-18-34-48-4/h19-26,30-33,35-36H,5-18,27-29,34H2,1-4H3/q+2. The lowest BCUT2D eigenvalue weighted by Crippen LogP contribution is -2.32. The van der Waals surface area contributed by atoms with Crippen LogP contribution in [0.3, 0.4) is 0 Å². The van der Waals surface area contributed by atoms with E-state index >= 15 is 0 Å². The first kappa shape index (κ1) is 36.0. The minimum Gasteiger partial charge on any atom is -0.385 e. The number of unbranched alkanes of at least 4 members (excludes halogenated alkanes) is 11. The van der Waals surface area contributed by atoms with Crippen LogP contribution in [0.1, 0.15) is 128 Å². The van der Waals surface area contributed by atoms with Crippen molar-refractivity contribution in [3.63, 3.8) is 0 Å². The lowest BCUT2D eigenvalue weighted by Gasteiger charge is -2.33. The number of fused-ring (bicyclic) bond motifs is 3. The van der Waals surface area contributed by atoms with E-state index in [0.717, 1.165) is 26.0 Å². The van der Waals surface area contributed by atoms with Gasteiger partial charge < -0.3 is 4.74 Å². The second kappa shape index (κ2) is 18.5. The normalized spacial score (nSPS) is 13.1. The molecule has 2 heterocycles. The molecule has 0 aliphatic heterocycles. The molecule has 0 spiro atoms. The van der Waals surface area contributed by atoms with E-state index in [0.29, 0.717) is 0 Å². The summed E-state index contributed by atoms with van der Waals surface area (Å²) in [6.07, 6.45) is 29.6. The van der Waals surface area contributed by atoms with Crippen LogP contribution >= 0.6 is 0 Å². The number of aryl methyl sites for hydroxylation is 2. The van der Waals surface area contributed by atoms with Crippen LogP contribution in [0.5, 0.6) is 0 Å². The first-order valence-electron chi connectivity index (χ1n) is 19.3. The predicted octanol–water partition coefficient (Wildman–Crippen LogP) is 11.3. The molecule has 0 unspecified atom stereocenters. The molecule has 2 aromatic heterocycles. The van der Waals surface area contributed by atoms with Gasteiger partial charge in [0.15, 0.2) is 24.8 Å². The minimum atomic E-state index is 0.0572. The van der Waals surface area contributed by atoms with Gasteiger partial charge in [-0.25, -0.2) is 9.13 Å². The van der Waals surface area contributed by atoms with Crippen molar-refractivity contribution in [1.82, 2.24) is 0 Å². The van der Waals surface area contributed by atoms with E-state index in [4.69, 9.17) is 4.74 Å². The molecule has 0 bridgehead atoms. The van der Waals surface area contributed by atoms with Crippen molar-refractivity contribution in [3.8, 4) is 33.4 Å². The number of methoxy groups -OCH3 is 1. The molecule has 3 nitrogen and oxygen atoms in total. The molecular formula is C45H62N2O+2. The summed E-state index contributed by atoms with van der Waals surface area (Å²) in [6, 6.07) is 24.0. The van der Waals surface area contributed by atoms with Gasteiger partial charge in [0.05, 0.1) is 0 Å². The Morgan fingerprint density at radius 2 is 1.00 bits per heavy atom. The molecule has 0 saturated carbocycles. The molecule has 1 aliphatic rings. The Hall–Kier alpha value is -3.30. The third kappa shape index (κ3) is 9.03. The van der Waals surface area contributed by atoms with Crippen LogP contribution in [0, 0.1) is 0 Å². The fourth-order valence-electron chi connectivity index (χ4n) is 7.97. The van der Waals surface area contributed by atoms with Gasteiger partial charge in [-0.2, -0.15) is 0 Å². The maximum absolute atomic E-state index is 5.25. The topological polar surface area (TPSA) is 17.0 Å². The van der Waals surface area contributed by atoms with Gasteiger partial charge in [0.1, 0.15) is 13.6 Å². The fourth-order valence-corrected chi connectivity index (χ4v) is 7.97. The van der Waals surface area contributed by atoms with Crippen molar-refractivity contribution in [2.75, 3.05) is 13.7 Å². The number of ether oxygens (including phenoxy) is 1. The van der Waals surface area contributed by atoms with Gasteiger partial charge >= 0.3 is 0 Å². The quantitative estimate of drug-likeness (QED) is 0.0650. The molecule has 2 aromatic carbocycles. The van der Waals surface area contributed by atoms with Gasteiger partial charge in [-0.3, -0.25) is 0 Å². The molecule has 5 rings (SSSR count).